The first-order valence-electron chi connectivity index (χ1n) is 4.44. The largest absolute Gasteiger partial charge is 0.480 e. The van der Waals surface area contributed by atoms with Crippen LogP contribution in [0.3, 0.4) is 0 Å². The molecule has 1 heterocycles. The van der Waals surface area contributed by atoms with E-state index in [0.717, 1.165) is 0 Å². The Labute approximate surface area is 86.4 Å². The van der Waals surface area contributed by atoms with Crippen molar-refractivity contribution in [2.24, 2.45) is 0 Å². The van der Waals surface area contributed by atoms with Gasteiger partial charge in [-0.3, -0.25) is 4.79 Å². The fourth-order valence-electron chi connectivity index (χ4n) is 1.04. The molecule has 0 aliphatic heterocycles. The maximum Gasteiger partial charge on any atom is 0.323 e. The highest BCUT2D eigenvalue weighted by Crippen LogP contribution is 1.92. The van der Waals surface area contributed by atoms with Crippen molar-refractivity contribution in [2.75, 3.05) is 20.3 Å². The predicted molar refractivity (Wildman–Crippen MR) is 49.3 cm³/mol. The lowest BCUT2D eigenvalue weighted by molar-refractivity contribution is -0.140. The van der Waals surface area contributed by atoms with Crippen LogP contribution in [0.4, 0.5) is 0 Å². The van der Waals surface area contributed by atoms with Crippen molar-refractivity contribution >= 4 is 5.97 Å². The van der Waals surface area contributed by atoms with Gasteiger partial charge in [0.05, 0.1) is 6.61 Å². The quantitative estimate of drug-likeness (QED) is 0.620. The summed E-state index contributed by atoms with van der Waals surface area (Å²) in [7, 11) is 1.45. The van der Waals surface area contributed by atoms with Gasteiger partial charge in [-0.05, 0) is 0 Å². The molecule has 0 saturated carbocycles. The molecule has 0 fully saturated rings. The van der Waals surface area contributed by atoms with Crippen molar-refractivity contribution in [3.8, 4) is 0 Å². The molecule has 2 N–H and O–H groups in total. The van der Waals surface area contributed by atoms with Crippen LogP contribution in [0, 0.1) is 0 Å². The molecule has 0 saturated heterocycles. The zero-order valence-corrected chi connectivity index (χ0v) is 8.34. The minimum atomic E-state index is -0.942. The number of carboxylic acids is 1. The van der Waals surface area contributed by atoms with E-state index in [-0.39, 0.29) is 6.61 Å². The number of aliphatic carboxylic acids is 1. The Morgan fingerprint density at radius 1 is 1.80 bits per heavy atom. The Bertz CT molecular complexity index is 288. The summed E-state index contributed by atoms with van der Waals surface area (Å²) < 4.78 is 9.51. The molecule has 1 unspecified atom stereocenters. The first-order chi connectivity index (χ1) is 7.24. The van der Waals surface area contributed by atoms with Gasteiger partial charge in [-0.1, -0.05) is 5.16 Å². The van der Waals surface area contributed by atoms with Crippen LogP contribution in [0.25, 0.3) is 0 Å². The number of carbonyl (C=O) groups is 1. The molecule has 0 spiro atoms. The van der Waals surface area contributed by atoms with Gasteiger partial charge in [-0.25, -0.2) is 0 Å². The van der Waals surface area contributed by atoms with Crippen molar-refractivity contribution in [2.45, 2.75) is 12.5 Å². The van der Waals surface area contributed by atoms with E-state index in [4.69, 9.17) is 14.4 Å². The van der Waals surface area contributed by atoms with E-state index in [1.807, 2.05) is 0 Å². The fourth-order valence-corrected chi connectivity index (χ4v) is 1.04. The number of hydrogen-bond donors (Lipinski definition) is 2. The van der Waals surface area contributed by atoms with Crippen LogP contribution in [0.2, 0.25) is 0 Å². The lowest BCUT2D eigenvalue weighted by Crippen LogP contribution is -2.41. The van der Waals surface area contributed by atoms with Crippen LogP contribution in [-0.2, 0) is 16.0 Å². The predicted octanol–water partition coefficient (Wildman–Crippen LogP) is -0.699. The summed E-state index contributed by atoms with van der Waals surface area (Å²) in [6.07, 6.45) is 1.80. The van der Waals surface area contributed by atoms with Gasteiger partial charge in [0.2, 0.25) is 5.89 Å². The van der Waals surface area contributed by atoms with Crippen LogP contribution < -0.4 is 5.32 Å². The third-order valence-electron chi connectivity index (χ3n) is 1.77. The van der Waals surface area contributed by atoms with Crippen LogP contribution >= 0.6 is 0 Å². The van der Waals surface area contributed by atoms with Gasteiger partial charge in [0.15, 0.2) is 6.33 Å². The third kappa shape index (κ3) is 4.05. The van der Waals surface area contributed by atoms with Crippen molar-refractivity contribution < 1.29 is 19.2 Å². The standard InChI is InChI=1S/C8H13N3O4/c1-14-4-6(8(12)13)9-3-2-7-10-5-11-15-7/h5-6,9H,2-4H2,1H3,(H,12,13). The molecule has 7 heteroatoms. The van der Waals surface area contributed by atoms with Gasteiger partial charge in [-0.15, -0.1) is 0 Å². The second kappa shape index (κ2) is 6.10. The molecule has 0 amide bonds. The van der Waals surface area contributed by atoms with Gasteiger partial charge >= 0.3 is 5.97 Å². The molecule has 84 valence electrons. The molecule has 15 heavy (non-hydrogen) atoms. The lowest BCUT2D eigenvalue weighted by atomic mass is 10.3. The number of nitrogens with one attached hydrogen (secondary N) is 1. The number of aromatic nitrogens is 2. The van der Waals surface area contributed by atoms with Crippen LogP contribution in [0.5, 0.6) is 0 Å². The molecule has 0 aliphatic carbocycles. The maximum absolute atomic E-state index is 10.7. The van der Waals surface area contributed by atoms with Crippen LogP contribution in [0.15, 0.2) is 10.9 Å². The topological polar surface area (TPSA) is 97.5 Å². The smallest absolute Gasteiger partial charge is 0.323 e. The van der Waals surface area contributed by atoms with E-state index in [1.165, 1.54) is 13.4 Å². The average Bonchev–Trinajstić information content (AvgIpc) is 2.69. The van der Waals surface area contributed by atoms with E-state index in [9.17, 15) is 4.79 Å². The van der Waals surface area contributed by atoms with E-state index < -0.39 is 12.0 Å². The summed E-state index contributed by atoms with van der Waals surface area (Å²) in [5.41, 5.74) is 0. The first-order valence-corrected chi connectivity index (χ1v) is 4.44. The van der Waals surface area contributed by atoms with Crippen molar-refractivity contribution in [1.29, 1.82) is 0 Å². The molecule has 1 aromatic heterocycles. The number of carboxylic acid groups (broad SMARTS) is 1. The molecule has 0 aliphatic rings. The first kappa shape index (κ1) is 11.6. The average molecular weight is 215 g/mol. The van der Waals surface area contributed by atoms with Crippen LogP contribution in [-0.4, -0.2) is 47.5 Å². The summed E-state index contributed by atoms with van der Waals surface area (Å²) in [6.45, 7) is 0.571. The van der Waals surface area contributed by atoms with E-state index >= 15 is 0 Å². The highest BCUT2D eigenvalue weighted by Gasteiger charge is 2.16. The summed E-state index contributed by atoms with van der Waals surface area (Å²) in [5.74, 6) is -0.466. The highest BCUT2D eigenvalue weighted by atomic mass is 16.5. The molecular weight excluding hydrogens is 202 g/mol. The fraction of sp³-hybridized carbons (Fsp3) is 0.625. The molecule has 0 radical (unpaired) electrons. The van der Waals surface area contributed by atoms with Crippen LogP contribution in [0.1, 0.15) is 5.89 Å². The van der Waals surface area contributed by atoms with Crippen molar-refractivity contribution in [3.05, 3.63) is 12.2 Å². The second-order valence-electron chi connectivity index (χ2n) is 2.89. The number of nitrogens with zero attached hydrogens (tertiary/aromatic N) is 2. The zero-order valence-electron chi connectivity index (χ0n) is 8.34. The Kier molecular flexibility index (Phi) is 4.72. The van der Waals surface area contributed by atoms with Gasteiger partial charge < -0.3 is 19.7 Å². The third-order valence-corrected chi connectivity index (χ3v) is 1.77. The van der Waals surface area contributed by atoms with E-state index in [0.29, 0.717) is 18.9 Å². The molecule has 0 aromatic carbocycles. The Balaban J connectivity index is 2.25. The summed E-state index contributed by atoms with van der Waals surface area (Å²) in [4.78, 5) is 14.5. The molecule has 1 rings (SSSR count). The number of ether oxygens (including phenoxy) is 1. The minimum Gasteiger partial charge on any atom is -0.480 e. The van der Waals surface area contributed by atoms with Crippen molar-refractivity contribution in [1.82, 2.24) is 15.5 Å². The van der Waals surface area contributed by atoms with Crippen molar-refractivity contribution in [3.63, 3.8) is 0 Å². The summed E-state index contributed by atoms with van der Waals surface area (Å²) in [5, 5.41) is 15.0. The molecule has 0 bridgehead atoms. The lowest BCUT2D eigenvalue weighted by Gasteiger charge is -2.11. The van der Waals surface area contributed by atoms with E-state index in [2.05, 4.69) is 15.5 Å². The molecular formula is C8H13N3O4. The molecule has 7 nitrogen and oxygen atoms in total. The van der Waals surface area contributed by atoms with Gasteiger partial charge in [0, 0.05) is 20.1 Å². The SMILES string of the molecule is COCC(NCCc1ncno1)C(=O)O. The Hall–Kier alpha value is -1.47. The number of methoxy groups -OCH3 is 1. The van der Waals surface area contributed by atoms with E-state index in [1.54, 1.807) is 0 Å². The zero-order chi connectivity index (χ0) is 11.1. The number of rotatable bonds is 7. The Morgan fingerprint density at radius 2 is 2.60 bits per heavy atom. The van der Waals surface area contributed by atoms with Gasteiger partial charge in [0.25, 0.3) is 0 Å². The molecule has 1 aromatic rings. The molecule has 1 atom stereocenters. The minimum absolute atomic E-state index is 0.124. The maximum atomic E-state index is 10.7. The number of hydrogen-bond acceptors (Lipinski definition) is 6. The Morgan fingerprint density at radius 3 is 3.13 bits per heavy atom. The van der Waals surface area contributed by atoms with Gasteiger partial charge in [0.1, 0.15) is 6.04 Å². The second-order valence-corrected chi connectivity index (χ2v) is 2.89. The monoisotopic (exact) mass is 215 g/mol. The normalized spacial score (nSPS) is 12.6. The highest BCUT2D eigenvalue weighted by molar-refractivity contribution is 5.73. The van der Waals surface area contributed by atoms with Gasteiger partial charge in [-0.2, -0.15) is 4.98 Å². The summed E-state index contributed by atoms with van der Waals surface area (Å²) >= 11 is 0. The summed E-state index contributed by atoms with van der Waals surface area (Å²) in [6, 6.07) is -0.710.